The Morgan fingerprint density at radius 3 is 2.66 bits per heavy atom. The minimum Gasteiger partial charge on any atom is -0.382 e. The van der Waals surface area contributed by atoms with E-state index in [0.29, 0.717) is 24.6 Å². The number of aromatic nitrogens is 4. The van der Waals surface area contributed by atoms with Crippen molar-refractivity contribution in [1.29, 1.82) is 0 Å². The van der Waals surface area contributed by atoms with Gasteiger partial charge in [-0.05, 0) is 25.0 Å². The number of rotatable bonds is 6. The first-order chi connectivity index (χ1) is 14.2. The standard InChI is InChI=1S/C17H19N5O.C4H10O2/c23-17(20-12-4-2-1-3-5-12)13-10-15(22-9-8-18-11-22)21-14-6-7-19-16(13)14;1-5-3-4-6-2/h6-12,19H,1-5H2,(H,20,23);3-4H2,1-2H3. The highest BCUT2D eigenvalue weighted by Gasteiger charge is 2.20. The number of amides is 1. The molecule has 0 unspecified atom stereocenters. The van der Waals surface area contributed by atoms with Crippen molar-refractivity contribution in [2.45, 2.75) is 38.1 Å². The molecule has 156 valence electrons. The van der Waals surface area contributed by atoms with E-state index in [9.17, 15) is 4.79 Å². The molecule has 0 saturated heterocycles. The Labute approximate surface area is 170 Å². The van der Waals surface area contributed by atoms with Crippen molar-refractivity contribution in [3.63, 3.8) is 0 Å². The van der Waals surface area contributed by atoms with E-state index in [0.717, 1.165) is 23.9 Å². The zero-order valence-corrected chi connectivity index (χ0v) is 17.1. The molecule has 0 aromatic carbocycles. The first-order valence-corrected chi connectivity index (χ1v) is 9.98. The molecule has 0 aliphatic heterocycles. The average molecular weight is 399 g/mol. The van der Waals surface area contributed by atoms with Gasteiger partial charge in [-0.3, -0.25) is 9.36 Å². The van der Waals surface area contributed by atoms with E-state index in [1.807, 2.05) is 29.1 Å². The number of methoxy groups -OCH3 is 2. The zero-order chi connectivity index (χ0) is 20.5. The van der Waals surface area contributed by atoms with Crippen LogP contribution in [0.25, 0.3) is 16.9 Å². The van der Waals surface area contributed by atoms with Gasteiger partial charge in [0.1, 0.15) is 12.1 Å². The van der Waals surface area contributed by atoms with Gasteiger partial charge in [0.2, 0.25) is 0 Å². The number of carbonyl (C=O) groups excluding carboxylic acids is 1. The quantitative estimate of drug-likeness (QED) is 0.621. The third-order valence-corrected chi connectivity index (χ3v) is 4.95. The Morgan fingerprint density at radius 1 is 1.24 bits per heavy atom. The summed E-state index contributed by atoms with van der Waals surface area (Å²) in [5.41, 5.74) is 2.20. The van der Waals surface area contributed by atoms with E-state index in [1.54, 1.807) is 26.7 Å². The van der Waals surface area contributed by atoms with Crippen molar-refractivity contribution >= 4 is 16.9 Å². The van der Waals surface area contributed by atoms with E-state index in [4.69, 9.17) is 0 Å². The molecule has 1 aliphatic rings. The fourth-order valence-electron chi connectivity index (χ4n) is 3.41. The molecule has 0 spiro atoms. The fraction of sp³-hybridized carbons (Fsp3) is 0.476. The van der Waals surface area contributed by atoms with Gasteiger partial charge in [-0.1, -0.05) is 19.3 Å². The third kappa shape index (κ3) is 5.65. The van der Waals surface area contributed by atoms with Gasteiger partial charge in [-0.25, -0.2) is 9.97 Å². The normalized spacial score (nSPS) is 14.4. The molecule has 1 saturated carbocycles. The van der Waals surface area contributed by atoms with Crippen LogP contribution in [0.1, 0.15) is 42.5 Å². The number of fused-ring (bicyclic) bond motifs is 1. The Balaban J connectivity index is 0.000000353. The van der Waals surface area contributed by atoms with E-state index < -0.39 is 0 Å². The molecule has 3 aromatic heterocycles. The number of nitrogens with one attached hydrogen (secondary N) is 2. The predicted molar refractivity (Wildman–Crippen MR) is 111 cm³/mol. The number of carbonyl (C=O) groups is 1. The largest absolute Gasteiger partial charge is 0.382 e. The Kier molecular flexibility index (Phi) is 7.77. The maximum Gasteiger partial charge on any atom is 0.253 e. The van der Waals surface area contributed by atoms with Crippen LogP contribution < -0.4 is 5.32 Å². The molecule has 4 rings (SSSR count). The van der Waals surface area contributed by atoms with Crippen LogP contribution in [-0.2, 0) is 9.47 Å². The molecule has 2 N–H and O–H groups in total. The van der Waals surface area contributed by atoms with Gasteiger partial charge in [-0.15, -0.1) is 0 Å². The minimum atomic E-state index is -0.0342. The number of ether oxygens (including phenoxy) is 2. The maximum atomic E-state index is 12.8. The summed E-state index contributed by atoms with van der Waals surface area (Å²) in [5, 5.41) is 3.18. The van der Waals surface area contributed by atoms with E-state index in [1.165, 1.54) is 19.3 Å². The summed E-state index contributed by atoms with van der Waals surface area (Å²) in [6, 6.07) is 3.98. The molecule has 1 fully saturated rings. The monoisotopic (exact) mass is 399 g/mol. The third-order valence-electron chi connectivity index (χ3n) is 4.95. The molecule has 3 heterocycles. The summed E-state index contributed by atoms with van der Waals surface area (Å²) < 4.78 is 11.1. The molecule has 0 bridgehead atoms. The lowest BCUT2D eigenvalue weighted by molar-refractivity contribution is 0.0929. The van der Waals surface area contributed by atoms with Crippen molar-refractivity contribution in [3.8, 4) is 5.82 Å². The van der Waals surface area contributed by atoms with E-state index in [-0.39, 0.29) is 11.9 Å². The summed E-state index contributed by atoms with van der Waals surface area (Å²) in [7, 11) is 3.30. The summed E-state index contributed by atoms with van der Waals surface area (Å²) in [6.45, 7) is 1.38. The van der Waals surface area contributed by atoms with Crippen LogP contribution >= 0.6 is 0 Å². The average Bonchev–Trinajstić information content (AvgIpc) is 3.44. The summed E-state index contributed by atoms with van der Waals surface area (Å²) >= 11 is 0. The molecular weight excluding hydrogens is 370 g/mol. The van der Waals surface area contributed by atoms with Gasteiger partial charge in [0.05, 0.1) is 29.8 Å². The first kappa shape index (κ1) is 21.0. The van der Waals surface area contributed by atoms with Gasteiger partial charge in [0, 0.05) is 38.9 Å². The maximum absolute atomic E-state index is 12.8. The smallest absolute Gasteiger partial charge is 0.253 e. The van der Waals surface area contributed by atoms with Crippen molar-refractivity contribution in [2.75, 3.05) is 27.4 Å². The topological polar surface area (TPSA) is 94.1 Å². The molecule has 3 aromatic rings. The Hall–Kier alpha value is -2.71. The zero-order valence-electron chi connectivity index (χ0n) is 17.1. The minimum absolute atomic E-state index is 0.0342. The van der Waals surface area contributed by atoms with Gasteiger partial charge in [0.15, 0.2) is 0 Å². The second-order valence-corrected chi connectivity index (χ2v) is 7.03. The summed E-state index contributed by atoms with van der Waals surface area (Å²) in [4.78, 5) is 24.5. The van der Waals surface area contributed by atoms with Gasteiger partial charge >= 0.3 is 0 Å². The van der Waals surface area contributed by atoms with Crippen molar-refractivity contribution < 1.29 is 14.3 Å². The van der Waals surface area contributed by atoms with Crippen LogP contribution in [0.2, 0.25) is 0 Å². The molecule has 29 heavy (non-hydrogen) atoms. The van der Waals surface area contributed by atoms with Crippen LogP contribution in [0, 0.1) is 0 Å². The van der Waals surface area contributed by atoms with Gasteiger partial charge < -0.3 is 19.8 Å². The highest BCUT2D eigenvalue weighted by atomic mass is 16.5. The van der Waals surface area contributed by atoms with E-state index >= 15 is 0 Å². The number of aromatic amines is 1. The lowest BCUT2D eigenvalue weighted by Crippen LogP contribution is -2.36. The number of hydrogen-bond donors (Lipinski definition) is 2. The molecular formula is C21H29N5O3. The Bertz CT molecular complexity index is 881. The fourth-order valence-corrected chi connectivity index (χ4v) is 3.41. The molecule has 0 atom stereocenters. The highest BCUT2D eigenvalue weighted by Crippen LogP contribution is 2.21. The molecule has 1 aliphatic carbocycles. The summed E-state index contributed by atoms with van der Waals surface area (Å²) in [5.74, 6) is 0.663. The van der Waals surface area contributed by atoms with Crippen molar-refractivity contribution in [2.24, 2.45) is 0 Å². The lowest BCUT2D eigenvalue weighted by Gasteiger charge is -2.23. The van der Waals surface area contributed by atoms with Gasteiger partial charge in [0.25, 0.3) is 5.91 Å². The Morgan fingerprint density at radius 2 is 2.00 bits per heavy atom. The number of imidazole rings is 1. The number of pyridine rings is 1. The second-order valence-electron chi connectivity index (χ2n) is 7.03. The highest BCUT2D eigenvalue weighted by molar-refractivity contribution is 6.05. The summed E-state index contributed by atoms with van der Waals surface area (Å²) in [6.07, 6.45) is 12.8. The predicted octanol–water partition coefficient (Wildman–Crippen LogP) is 3.09. The van der Waals surface area contributed by atoms with Crippen LogP contribution in [-0.4, -0.2) is 58.9 Å². The second kappa shape index (κ2) is 10.7. The van der Waals surface area contributed by atoms with Crippen molar-refractivity contribution in [1.82, 2.24) is 24.8 Å². The molecule has 8 heteroatoms. The number of H-pyrrole nitrogens is 1. The SMILES string of the molecule is COCCOC.O=C(NC1CCCCC1)c1cc(-n2ccnc2)nc2cc[nH]c12. The van der Waals surface area contributed by atoms with Crippen LogP contribution in [0.15, 0.2) is 37.1 Å². The first-order valence-electron chi connectivity index (χ1n) is 9.98. The van der Waals surface area contributed by atoms with Crippen molar-refractivity contribution in [3.05, 3.63) is 42.6 Å². The van der Waals surface area contributed by atoms with Crippen LogP contribution in [0.3, 0.4) is 0 Å². The number of hydrogen-bond acceptors (Lipinski definition) is 5. The lowest BCUT2D eigenvalue weighted by atomic mass is 9.95. The van der Waals surface area contributed by atoms with Crippen LogP contribution in [0.5, 0.6) is 0 Å². The van der Waals surface area contributed by atoms with Gasteiger partial charge in [-0.2, -0.15) is 0 Å². The molecule has 0 radical (unpaired) electrons. The van der Waals surface area contributed by atoms with Crippen LogP contribution in [0.4, 0.5) is 0 Å². The van der Waals surface area contributed by atoms with E-state index in [2.05, 4.69) is 29.7 Å². The molecule has 8 nitrogen and oxygen atoms in total. The number of nitrogens with zero attached hydrogens (tertiary/aromatic N) is 3. The molecule has 1 amide bonds.